The molecule has 4 heteroatoms. The molecule has 0 bridgehead atoms. The Kier molecular flexibility index (Phi) is 2.27. The van der Waals surface area contributed by atoms with Gasteiger partial charge in [0.2, 0.25) is 0 Å². The number of anilines is 1. The summed E-state index contributed by atoms with van der Waals surface area (Å²) in [6, 6.07) is 11.2. The Bertz CT molecular complexity index is 673. The second-order valence-corrected chi connectivity index (χ2v) is 4.15. The number of nitrogens with two attached hydrogens (primary N) is 1. The highest BCUT2D eigenvalue weighted by molar-refractivity contribution is 6.34. The van der Waals surface area contributed by atoms with Crippen LogP contribution in [0.5, 0.6) is 0 Å². The lowest BCUT2D eigenvalue weighted by molar-refractivity contribution is 0.631. The molecule has 84 valence electrons. The Morgan fingerprint density at radius 1 is 1.18 bits per heavy atom. The number of benzene rings is 1. The van der Waals surface area contributed by atoms with Gasteiger partial charge in [-0.05, 0) is 24.3 Å². The Morgan fingerprint density at radius 3 is 2.76 bits per heavy atom. The van der Waals surface area contributed by atoms with Crippen molar-refractivity contribution in [1.29, 1.82) is 0 Å². The molecule has 3 nitrogen and oxygen atoms in total. The van der Waals surface area contributed by atoms with Gasteiger partial charge in [0.25, 0.3) is 0 Å². The van der Waals surface area contributed by atoms with Gasteiger partial charge in [-0.15, -0.1) is 0 Å². The summed E-state index contributed by atoms with van der Waals surface area (Å²) >= 11 is 6.05. The van der Waals surface area contributed by atoms with Gasteiger partial charge in [0.05, 0.1) is 5.02 Å². The zero-order valence-electron chi connectivity index (χ0n) is 8.85. The van der Waals surface area contributed by atoms with Crippen molar-refractivity contribution in [3.8, 4) is 11.3 Å². The largest absolute Gasteiger partial charge is 0.454 e. The van der Waals surface area contributed by atoms with Crippen LogP contribution in [0.3, 0.4) is 0 Å². The molecule has 0 unspecified atom stereocenters. The molecule has 2 aromatic heterocycles. The summed E-state index contributed by atoms with van der Waals surface area (Å²) in [5.74, 6) is 1.23. The second-order valence-electron chi connectivity index (χ2n) is 3.74. The molecule has 0 aliphatic heterocycles. The summed E-state index contributed by atoms with van der Waals surface area (Å²) in [7, 11) is 0. The predicted molar refractivity (Wildman–Crippen MR) is 68.9 cm³/mol. The van der Waals surface area contributed by atoms with Crippen LogP contribution < -0.4 is 5.73 Å². The number of nitrogens with zero attached hydrogens (tertiary/aromatic N) is 1. The van der Waals surface area contributed by atoms with E-state index in [1.165, 1.54) is 0 Å². The summed E-state index contributed by atoms with van der Waals surface area (Å²) in [4.78, 5) is 4.03. The van der Waals surface area contributed by atoms with Crippen molar-refractivity contribution in [2.24, 2.45) is 0 Å². The molecule has 2 heterocycles. The maximum absolute atomic E-state index is 6.05. The monoisotopic (exact) mass is 244 g/mol. The second kappa shape index (κ2) is 3.79. The van der Waals surface area contributed by atoms with E-state index in [1.807, 2.05) is 24.3 Å². The molecule has 0 atom stereocenters. The zero-order valence-corrected chi connectivity index (χ0v) is 9.61. The first kappa shape index (κ1) is 10.2. The molecule has 0 aliphatic carbocycles. The first-order valence-electron chi connectivity index (χ1n) is 5.14. The first-order valence-corrected chi connectivity index (χ1v) is 5.52. The molecule has 0 aliphatic rings. The van der Waals surface area contributed by atoms with E-state index in [0.29, 0.717) is 16.4 Å². The van der Waals surface area contributed by atoms with E-state index in [9.17, 15) is 0 Å². The van der Waals surface area contributed by atoms with Crippen molar-refractivity contribution >= 4 is 28.4 Å². The lowest BCUT2D eigenvalue weighted by Gasteiger charge is -1.96. The highest BCUT2D eigenvalue weighted by Crippen LogP contribution is 2.31. The molecule has 17 heavy (non-hydrogen) atoms. The number of fused-ring (bicyclic) bond motifs is 1. The molecule has 0 fully saturated rings. The summed E-state index contributed by atoms with van der Waals surface area (Å²) in [6.07, 6.45) is 1.68. The minimum absolute atomic E-state index is 0.489. The van der Waals surface area contributed by atoms with Gasteiger partial charge in [0.1, 0.15) is 11.6 Å². The normalized spacial score (nSPS) is 10.9. The number of halogens is 1. The van der Waals surface area contributed by atoms with Crippen LogP contribution in [0.1, 0.15) is 0 Å². The number of aromatic nitrogens is 1. The Morgan fingerprint density at radius 2 is 2.06 bits per heavy atom. The molecule has 2 N–H and O–H groups in total. The minimum Gasteiger partial charge on any atom is -0.454 e. The van der Waals surface area contributed by atoms with Gasteiger partial charge in [-0.3, -0.25) is 0 Å². The molecule has 0 spiro atoms. The Labute approximate surface area is 103 Å². The van der Waals surface area contributed by atoms with E-state index >= 15 is 0 Å². The van der Waals surface area contributed by atoms with Crippen LogP contribution in [0.25, 0.3) is 22.3 Å². The van der Waals surface area contributed by atoms with Crippen molar-refractivity contribution in [2.45, 2.75) is 0 Å². The van der Waals surface area contributed by atoms with Crippen LogP contribution in [0, 0.1) is 0 Å². The number of pyridine rings is 1. The van der Waals surface area contributed by atoms with Gasteiger partial charge in [-0.2, -0.15) is 0 Å². The lowest BCUT2D eigenvalue weighted by Crippen LogP contribution is -1.88. The van der Waals surface area contributed by atoms with Gasteiger partial charge >= 0.3 is 0 Å². The van der Waals surface area contributed by atoms with Crippen molar-refractivity contribution in [2.75, 3.05) is 5.73 Å². The van der Waals surface area contributed by atoms with E-state index in [4.69, 9.17) is 21.8 Å². The average molecular weight is 245 g/mol. The SMILES string of the molecule is Nc1ccc(-c2cc3cccc(Cl)c3o2)cn1. The third kappa shape index (κ3) is 1.74. The van der Waals surface area contributed by atoms with Crippen LogP contribution in [-0.2, 0) is 0 Å². The number of hydrogen-bond acceptors (Lipinski definition) is 3. The first-order chi connectivity index (χ1) is 8.24. The van der Waals surface area contributed by atoms with E-state index in [0.717, 1.165) is 16.7 Å². The minimum atomic E-state index is 0.489. The van der Waals surface area contributed by atoms with Crippen LogP contribution in [0.15, 0.2) is 47.0 Å². The standard InChI is InChI=1S/C13H9ClN2O/c14-10-3-1-2-8-6-11(17-13(8)10)9-4-5-12(15)16-7-9/h1-7H,(H2,15,16). The number of nitrogen functional groups attached to an aromatic ring is 1. The van der Waals surface area contributed by atoms with Crippen molar-refractivity contribution in [3.05, 3.63) is 47.6 Å². The van der Waals surface area contributed by atoms with E-state index < -0.39 is 0 Å². The maximum Gasteiger partial charge on any atom is 0.153 e. The number of hydrogen-bond donors (Lipinski definition) is 1. The van der Waals surface area contributed by atoms with Crippen LogP contribution >= 0.6 is 11.6 Å². The van der Waals surface area contributed by atoms with Crippen molar-refractivity contribution < 1.29 is 4.42 Å². The summed E-state index contributed by atoms with van der Waals surface area (Å²) in [5, 5.41) is 1.58. The Hall–Kier alpha value is -2.00. The highest BCUT2D eigenvalue weighted by atomic mass is 35.5. The molecule has 0 radical (unpaired) electrons. The molecule has 1 aromatic carbocycles. The molecule has 0 saturated carbocycles. The van der Waals surface area contributed by atoms with Crippen LogP contribution in [0.2, 0.25) is 5.02 Å². The maximum atomic E-state index is 6.05. The molecule has 0 saturated heterocycles. The topological polar surface area (TPSA) is 52.0 Å². The molecule has 0 amide bonds. The molecule has 3 rings (SSSR count). The third-order valence-electron chi connectivity index (χ3n) is 2.57. The van der Waals surface area contributed by atoms with Gasteiger partial charge in [-0.25, -0.2) is 4.98 Å². The average Bonchev–Trinajstić information content (AvgIpc) is 2.75. The van der Waals surface area contributed by atoms with Crippen molar-refractivity contribution in [3.63, 3.8) is 0 Å². The summed E-state index contributed by atoms with van der Waals surface area (Å²) in [6.45, 7) is 0. The van der Waals surface area contributed by atoms with E-state index in [-0.39, 0.29) is 0 Å². The lowest BCUT2D eigenvalue weighted by atomic mass is 10.2. The Balaban J connectivity index is 2.18. The fourth-order valence-electron chi connectivity index (χ4n) is 1.72. The van der Waals surface area contributed by atoms with Gasteiger partial charge < -0.3 is 10.2 Å². The summed E-state index contributed by atoms with van der Waals surface area (Å²) < 4.78 is 5.71. The molecule has 3 aromatic rings. The molecular formula is C13H9ClN2O. The van der Waals surface area contributed by atoms with E-state index in [1.54, 1.807) is 18.3 Å². The van der Waals surface area contributed by atoms with E-state index in [2.05, 4.69) is 4.98 Å². The highest BCUT2D eigenvalue weighted by Gasteiger charge is 2.08. The van der Waals surface area contributed by atoms with Crippen LogP contribution in [0.4, 0.5) is 5.82 Å². The smallest absolute Gasteiger partial charge is 0.153 e. The fourth-order valence-corrected chi connectivity index (χ4v) is 1.94. The summed E-state index contributed by atoms with van der Waals surface area (Å²) in [5.41, 5.74) is 7.12. The molecular weight excluding hydrogens is 236 g/mol. The third-order valence-corrected chi connectivity index (χ3v) is 2.86. The quantitative estimate of drug-likeness (QED) is 0.710. The number of rotatable bonds is 1. The van der Waals surface area contributed by atoms with Gasteiger partial charge in [0, 0.05) is 17.1 Å². The van der Waals surface area contributed by atoms with Crippen molar-refractivity contribution in [1.82, 2.24) is 4.98 Å². The number of furan rings is 1. The predicted octanol–water partition coefficient (Wildman–Crippen LogP) is 3.73. The van der Waals surface area contributed by atoms with Gasteiger partial charge in [-0.1, -0.05) is 23.7 Å². The zero-order chi connectivity index (χ0) is 11.8. The number of para-hydroxylation sites is 1. The fraction of sp³-hybridized carbons (Fsp3) is 0. The van der Waals surface area contributed by atoms with Gasteiger partial charge in [0.15, 0.2) is 5.58 Å². The van der Waals surface area contributed by atoms with Crippen LogP contribution in [-0.4, -0.2) is 4.98 Å².